The van der Waals surface area contributed by atoms with E-state index < -0.39 is 5.91 Å². The standard InChI is InChI=1S/C18H20N2O3S/c1-13-5-4-6-14(11-13)23-10-9-20-18(22)15-7-2-3-8-16(15)24-12-17(19)21/h2-8,11H,9-10,12H2,1H3,(H2,19,21)(H,20,22). The van der Waals surface area contributed by atoms with Gasteiger partial charge in [-0.15, -0.1) is 11.8 Å². The molecule has 0 aliphatic carbocycles. The van der Waals surface area contributed by atoms with E-state index in [0.29, 0.717) is 18.7 Å². The number of thioether (sulfide) groups is 1. The molecule has 3 N–H and O–H groups in total. The predicted octanol–water partition coefficient (Wildman–Crippen LogP) is 2.38. The van der Waals surface area contributed by atoms with Crippen LogP contribution < -0.4 is 15.8 Å². The molecule has 2 aromatic carbocycles. The van der Waals surface area contributed by atoms with Crippen molar-refractivity contribution in [2.24, 2.45) is 5.73 Å². The first-order chi connectivity index (χ1) is 11.6. The van der Waals surface area contributed by atoms with Gasteiger partial charge in [-0.2, -0.15) is 0 Å². The number of rotatable bonds is 8. The SMILES string of the molecule is Cc1cccc(OCCNC(=O)c2ccccc2SCC(N)=O)c1. The van der Waals surface area contributed by atoms with E-state index in [4.69, 9.17) is 10.5 Å². The summed E-state index contributed by atoms with van der Waals surface area (Å²) < 4.78 is 5.60. The minimum atomic E-state index is -0.415. The molecule has 0 saturated heterocycles. The van der Waals surface area contributed by atoms with Crippen molar-refractivity contribution in [3.63, 3.8) is 0 Å². The summed E-state index contributed by atoms with van der Waals surface area (Å²) in [5, 5.41) is 2.82. The fraction of sp³-hybridized carbons (Fsp3) is 0.222. The lowest BCUT2D eigenvalue weighted by atomic mass is 10.2. The van der Waals surface area contributed by atoms with E-state index in [2.05, 4.69) is 5.32 Å². The number of carbonyl (C=O) groups excluding carboxylic acids is 2. The molecule has 5 nitrogen and oxygen atoms in total. The van der Waals surface area contributed by atoms with Crippen molar-refractivity contribution in [1.82, 2.24) is 5.32 Å². The number of hydrogen-bond acceptors (Lipinski definition) is 4. The second-order valence-corrected chi connectivity index (χ2v) is 6.19. The largest absolute Gasteiger partial charge is 0.492 e. The van der Waals surface area contributed by atoms with Gasteiger partial charge in [-0.3, -0.25) is 9.59 Å². The first kappa shape index (κ1) is 17.9. The molecule has 24 heavy (non-hydrogen) atoms. The van der Waals surface area contributed by atoms with Crippen LogP contribution in [0.1, 0.15) is 15.9 Å². The lowest BCUT2D eigenvalue weighted by Crippen LogP contribution is -2.28. The molecule has 0 bridgehead atoms. The number of carbonyl (C=O) groups is 2. The van der Waals surface area contributed by atoms with E-state index in [-0.39, 0.29) is 11.7 Å². The van der Waals surface area contributed by atoms with Crippen LogP contribution in [-0.2, 0) is 4.79 Å². The molecule has 2 aromatic rings. The third-order valence-corrected chi connectivity index (χ3v) is 4.24. The average molecular weight is 344 g/mol. The third kappa shape index (κ3) is 5.62. The monoisotopic (exact) mass is 344 g/mol. The van der Waals surface area contributed by atoms with Crippen LogP contribution in [0.15, 0.2) is 53.4 Å². The smallest absolute Gasteiger partial charge is 0.252 e. The number of primary amides is 1. The number of nitrogens with one attached hydrogen (secondary N) is 1. The number of aryl methyl sites for hydroxylation is 1. The third-order valence-electron chi connectivity index (χ3n) is 3.15. The van der Waals surface area contributed by atoms with Crippen LogP contribution in [0, 0.1) is 6.92 Å². The Labute approximate surface area is 145 Å². The maximum absolute atomic E-state index is 12.3. The van der Waals surface area contributed by atoms with E-state index in [1.165, 1.54) is 11.8 Å². The number of nitrogens with two attached hydrogens (primary N) is 1. The molecule has 0 atom stereocenters. The Balaban J connectivity index is 1.85. The zero-order valence-corrected chi connectivity index (χ0v) is 14.3. The van der Waals surface area contributed by atoms with Crippen molar-refractivity contribution >= 4 is 23.6 Å². The Hall–Kier alpha value is -2.47. The van der Waals surface area contributed by atoms with Gasteiger partial charge < -0.3 is 15.8 Å². The molecule has 126 valence electrons. The minimum absolute atomic E-state index is 0.140. The van der Waals surface area contributed by atoms with Crippen molar-refractivity contribution in [3.05, 3.63) is 59.7 Å². The Kier molecular flexibility index (Phi) is 6.69. The van der Waals surface area contributed by atoms with Gasteiger partial charge >= 0.3 is 0 Å². The van der Waals surface area contributed by atoms with Gasteiger partial charge in [0.25, 0.3) is 5.91 Å². The maximum Gasteiger partial charge on any atom is 0.252 e. The quantitative estimate of drug-likeness (QED) is 0.569. The Morgan fingerprint density at radius 2 is 1.96 bits per heavy atom. The van der Waals surface area contributed by atoms with Crippen molar-refractivity contribution < 1.29 is 14.3 Å². The molecule has 2 rings (SSSR count). The lowest BCUT2D eigenvalue weighted by Gasteiger charge is -2.10. The topological polar surface area (TPSA) is 81.4 Å². The van der Waals surface area contributed by atoms with E-state index in [1.807, 2.05) is 37.3 Å². The van der Waals surface area contributed by atoms with E-state index in [9.17, 15) is 9.59 Å². The van der Waals surface area contributed by atoms with Crippen LogP contribution in [0.25, 0.3) is 0 Å². The molecule has 0 unspecified atom stereocenters. The number of amides is 2. The van der Waals surface area contributed by atoms with Gasteiger partial charge in [0.15, 0.2) is 0 Å². The van der Waals surface area contributed by atoms with Gasteiger partial charge in [-0.25, -0.2) is 0 Å². The molecule has 0 saturated carbocycles. The van der Waals surface area contributed by atoms with E-state index in [1.54, 1.807) is 18.2 Å². The fourth-order valence-electron chi connectivity index (χ4n) is 2.06. The average Bonchev–Trinajstić information content (AvgIpc) is 2.57. The maximum atomic E-state index is 12.3. The first-order valence-electron chi connectivity index (χ1n) is 7.54. The highest BCUT2D eigenvalue weighted by Gasteiger charge is 2.11. The van der Waals surface area contributed by atoms with Crippen LogP contribution in [0.2, 0.25) is 0 Å². The molecular weight excluding hydrogens is 324 g/mol. The summed E-state index contributed by atoms with van der Waals surface area (Å²) in [4.78, 5) is 23.9. The number of hydrogen-bond donors (Lipinski definition) is 2. The molecule has 0 spiro atoms. The van der Waals surface area contributed by atoms with Gasteiger partial charge in [0, 0.05) is 4.90 Å². The molecule has 0 aliphatic heterocycles. The lowest BCUT2D eigenvalue weighted by molar-refractivity contribution is -0.115. The molecule has 6 heteroatoms. The van der Waals surface area contributed by atoms with Gasteiger partial charge in [0.1, 0.15) is 12.4 Å². The van der Waals surface area contributed by atoms with Gasteiger partial charge in [-0.05, 0) is 36.8 Å². The molecule has 2 amide bonds. The van der Waals surface area contributed by atoms with Crippen molar-refractivity contribution in [3.8, 4) is 5.75 Å². The van der Waals surface area contributed by atoms with Crippen LogP contribution in [0.4, 0.5) is 0 Å². The summed E-state index contributed by atoms with van der Waals surface area (Å²) in [5.74, 6) is 0.305. The summed E-state index contributed by atoms with van der Waals surface area (Å²) in [6.45, 7) is 2.77. The summed E-state index contributed by atoms with van der Waals surface area (Å²) in [7, 11) is 0. The predicted molar refractivity (Wildman–Crippen MR) is 95.4 cm³/mol. The number of benzene rings is 2. The summed E-state index contributed by atoms with van der Waals surface area (Å²) in [6.07, 6.45) is 0. The highest BCUT2D eigenvalue weighted by molar-refractivity contribution is 8.00. The van der Waals surface area contributed by atoms with E-state index in [0.717, 1.165) is 16.2 Å². The summed E-state index contributed by atoms with van der Waals surface area (Å²) in [6, 6.07) is 14.9. The van der Waals surface area contributed by atoms with Crippen molar-refractivity contribution in [2.75, 3.05) is 18.9 Å². The molecule has 0 fully saturated rings. The number of ether oxygens (including phenoxy) is 1. The summed E-state index contributed by atoms with van der Waals surface area (Å²) in [5.41, 5.74) is 6.80. The zero-order valence-electron chi connectivity index (χ0n) is 13.5. The highest BCUT2D eigenvalue weighted by Crippen LogP contribution is 2.22. The van der Waals surface area contributed by atoms with Gasteiger partial charge in [0.2, 0.25) is 5.91 Å². The molecular formula is C18H20N2O3S. The first-order valence-corrected chi connectivity index (χ1v) is 8.52. The van der Waals surface area contributed by atoms with Gasteiger partial charge in [-0.1, -0.05) is 24.3 Å². The highest BCUT2D eigenvalue weighted by atomic mass is 32.2. The van der Waals surface area contributed by atoms with Crippen molar-refractivity contribution in [1.29, 1.82) is 0 Å². The van der Waals surface area contributed by atoms with Crippen LogP contribution >= 0.6 is 11.8 Å². The molecule has 0 heterocycles. The Morgan fingerprint density at radius 1 is 1.17 bits per heavy atom. The molecule has 0 radical (unpaired) electrons. The zero-order chi connectivity index (χ0) is 17.4. The molecule has 0 aliphatic rings. The van der Waals surface area contributed by atoms with Crippen LogP contribution in [-0.4, -0.2) is 30.7 Å². The second-order valence-electron chi connectivity index (χ2n) is 5.17. The van der Waals surface area contributed by atoms with Crippen LogP contribution in [0.3, 0.4) is 0 Å². The summed E-state index contributed by atoms with van der Waals surface area (Å²) >= 11 is 1.25. The normalized spacial score (nSPS) is 10.2. The minimum Gasteiger partial charge on any atom is -0.492 e. The van der Waals surface area contributed by atoms with Gasteiger partial charge in [0.05, 0.1) is 17.9 Å². The van der Waals surface area contributed by atoms with E-state index >= 15 is 0 Å². The Morgan fingerprint density at radius 3 is 2.71 bits per heavy atom. The fourth-order valence-corrected chi connectivity index (χ4v) is 2.85. The van der Waals surface area contributed by atoms with Crippen LogP contribution in [0.5, 0.6) is 5.75 Å². The molecule has 0 aromatic heterocycles. The second kappa shape index (κ2) is 8.98. The Bertz CT molecular complexity index is 719. The van der Waals surface area contributed by atoms with Crippen molar-refractivity contribution in [2.45, 2.75) is 11.8 Å².